The number of nitrogens with zero attached hydrogens (tertiary/aromatic N) is 2. The van der Waals surface area contributed by atoms with Crippen LogP contribution in [0.3, 0.4) is 0 Å². The average molecular weight is 274 g/mol. The van der Waals surface area contributed by atoms with E-state index in [1.807, 2.05) is 0 Å². The summed E-state index contributed by atoms with van der Waals surface area (Å²) in [5.41, 5.74) is -1.77. The lowest BCUT2D eigenvalue weighted by Gasteiger charge is -2.09. The van der Waals surface area contributed by atoms with Gasteiger partial charge in [0.25, 0.3) is 0 Å². The molecule has 2 aromatic rings. The van der Waals surface area contributed by atoms with Crippen molar-refractivity contribution >= 4 is 5.97 Å². The van der Waals surface area contributed by atoms with E-state index in [-0.39, 0.29) is 5.56 Å². The number of carboxylic acid groups (broad SMARTS) is 1. The van der Waals surface area contributed by atoms with Crippen molar-refractivity contribution in [3.8, 4) is 5.69 Å². The summed E-state index contributed by atoms with van der Waals surface area (Å²) in [5, 5.41) is 12.2. The number of hydrogen-bond acceptors (Lipinski definition) is 2. The van der Waals surface area contributed by atoms with E-state index in [9.17, 15) is 22.4 Å². The molecule has 0 bridgehead atoms. The summed E-state index contributed by atoms with van der Waals surface area (Å²) >= 11 is 0. The molecular weight excluding hydrogens is 268 g/mol. The summed E-state index contributed by atoms with van der Waals surface area (Å²) in [7, 11) is 0. The highest BCUT2D eigenvalue weighted by atomic mass is 19.4. The first-order valence-corrected chi connectivity index (χ1v) is 4.94. The van der Waals surface area contributed by atoms with Crippen LogP contribution in [-0.4, -0.2) is 20.9 Å². The molecule has 0 saturated heterocycles. The predicted molar refractivity (Wildman–Crippen MR) is 55.5 cm³/mol. The van der Waals surface area contributed by atoms with E-state index in [2.05, 4.69) is 5.10 Å². The Morgan fingerprint density at radius 3 is 2.53 bits per heavy atom. The van der Waals surface area contributed by atoms with Crippen LogP contribution >= 0.6 is 0 Å². The monoisotopic (exact) mass is 274 g/mol. The Balaban J connectivity index is 2.51. The maximum atomic E-state index is 13.5. The van der Waals surface area contributed by atoms with Crippen molar-refractivity contribution in [2.24, 2.45) is 0 Å². The largest absolute Gasteiger partial charge is 0.478 e. The molecule has 100 valence electrons. The standard InChI is InChI=1S/C11H6F4N2O2/c12-8-2-1-7(11(13,14)15)3-9(8)17-5-6(4-16-17)10(18)19/h1-5H,(H,18,19). The molecule has 8 heteroatoms. The molecule has 19 heavy (non-hydrogen) atoms. The minimum atomic E-state index is -4.62. The molecule has 0 saturated carbocycles. The molecule has 0 unspecified atom stereocenters. The van der Waals surface area contributed by atoms with Crippen LogP contribution in [0, 0.1) is 5.82 Å². The zero-order valence-electron chi connectivity index (χ0n) is 9.15. The first-order chi connectivity index (χ1) is 8.79. The second kappa shape index (κ2) is 4.38. The molecule has 1 heterocycles. The van der Waals surface area contributed by atoms with Gasteiger partial charge in [0.1, 0.15) is 11.5 Å². The Morgan fingerprint density at radius 2 is 2.00 bits per heavy atom. The van der Waals surface area contributed by atoms with Crippen LogP contribution in [0.2, 0.25) is 0 Å². The van der Waals surface area contributed by atoms with Gasteiger partial charge in [-0.25, -0.2) is 13.9 Å². The molecule has 0 radical (unpaired) electrons. The molecule has 0 amide bonds. The molecule has 0 atom stereocenters. The average Bonchev–Trinajstić information content (AvgIpc) is 2.77. The molecular formula is C11H6F4N2O2. The van der Waals surface area contributed by atoms with Gasteiger partial charge < -0.3 is 5.11 Å². The lowest BCUT2D eigenvalue weighted by molar-refractivity contribution is -0.137. The van der Waals surface area contributed by atoms with Crippen molar-refractivity contribution in [3.05, 3.63) is 47.5 Å². The topological polar surface area (TPSA) is 55.1 Å². The molecule has 1 aromatic heterocycles. The summed E-state index contributed by atoms with van der Waals surface area (Å²) in [4.78, 5) is 10.6. The van der Waals surface area contributed by atoms with Crippen molar-refractivity contribution in [1.82, 2.24) is 9.78 Å². The van der Waals surface area contributed by atoms with Crippen molar-refractivity contribution in [2.45, 2.75) is 6.18 Å². The van der Waals surface area contributed by atoms with Gasteiger partial charge in [0.15, 0.2) is 0 Å². The van der Waals surface area contributed by atoms with E-state index in [4.69, 9.17) is 5.11 Å². The van der Waals surface area contributed by atoms with Crippen molar-refractivity contribution in [1.29, 1.82) is 0 Å². The fourth-order valence-corrected chi connectivity index (χ4v) is 1.43. The van der Waals surface area contributed by atoms with E-state index in [1.54, 1.807) is 0 Å². The highest BCUT2D eigenvalue weighted by Crippen LogP contribution is 2.31. The van der Waals surface area contributed by atoms with Crippen LogP contribution in [0.15, 0.2) is 30.6 Å². The molecule has 2 rings (SSSR count). The summed E-state index contributed by atoms with van der Waals surface area (Å²) < 4.78 is 51.7. The van der Waals surface area contributed by atoms with Crippen molar-refractivity contribution in [2.75, 3.05) is 0 Å². The van der Waals surface area contributed by atoms with Gasteiger partial charge in [-0.15, -0.1) is 0 Å². The maximum Gasteiger partial charge on any atom is 0.416 e. The minimum Gasteiger partial charge on any atom is -0.478 e. The number of aromatic carboxylic acids is 1. The molecule has 4 nitrogen and oxygen atoms in total. The number of halogens is 4. The Labute approximate surface area is 103 Å². The first-order valence-electron chi connectivity index (χ1n) is 4.94. The number of hydrogen-bond donors (Lipinski definition) is 1. The smallest absolute Gasteiger partial charge is 0.416 e. The third-order valence-corrected chi connectivity index (χ3v) is 2.35. The van der Waals surface area contributed by atoms with Crippen molar-refractivity contribution < 1.29 is 27.5 Å². The predicted octanol–water partition coefficient (Wildman–Crippen LogP) is 2.73. The number of benzene rings is 1. The Morgan fingerprint density at radius 1 is 1.32 bits per heavy atom. The van der Waals surface area contributed by atoms with Gasteiger partial charge >= 0.3 is 12.1 Å². The third-order valence-electron chi connectivity index (χ3n) is 2.35. The van der Waals surface area contributed by atoms with Gasteiger partial charge in [-0.05, 0) is 18.2 Å². The Hall–Kier alpha value is -2.38. The molecule has 0 spiro atoms. The summed E-state index contributed by atoms with van der Waals surface area (Å²) in [6.45, 7) is 0. The van der Waals surface area contributed by atoms with E-state index in [0.29, 0.717) is 18.2 Å². The van der Waals surface area contributed by atoms with Crippen LogP contribution in [0.25, 0.3) is 5.69 Å². The fraction of sp³-hybridized carbons (Fsp3) is 0.0909. The van der Waals surface area contributed by atoms with Gasteiger partial charge in [-0.3, -0.25) is 0 Å². The summed E-state index contributed by atoms with van der Waals surface area (Å²) in [5.74, 6) is -2.24. The van der Waals surface area contributed by atoms with E-state index >= 15 is 0 Å². The summed E-state index contributed by atoms with van der Waals surface area (Å²) in [6, 6.07) is 1.81. The maximum absolute atomic E-state index is 13.5. The van der Waals surface area contributed by atoms with E-state index < -0.39 is 29.2 Å². The quantitative estimate of drug-likeness (QED) is 0.857. The molecule has 0 aliphatic rings. The third kappa shape index (κ3) is 2.56. The van der Waals surface area contributed by atoms with E-state index in [0.717, 1.165) is 17.1 Å². The van der Waals surface area contributed by atoms with Gasteiger partial charge in [-0.2, -0.15) is 18.3 Å². The first kappa shape index (κ1) is 13.1. The lowest BCUT2D eigenvalue weighted by atomic mass is 10.2. The lowest BCUT2D eigenvalue weighted by Crippen LogP contribution is -2.08. The number of rotatable bonds is 2. The van der Waals surface area contributed by atoms with Crippen LogP contribution in [0.1, 0.15) is 15.9 Å². The normalized spacial score (nSPS) is 11.6. The second-order valence-electron chi connectivity index (χ2n) is 3.64. The number of carboxylic acids is 1. The van der Waals surface area contributed by atoms with E-state index in [1.165, 1.54) is 0 Å². The van der Waals surface area contributed by atoms with Crippen LogP contribution in [-0.2, 0) is 6.18 Å². The Kier molecular flexibility index (Phi) is 3.01. The van der Waals surface area contributed by atoms with Gasteiger partial charge in [0.2, 0.25) is 0 Å². The minimum absolute atomic E-state index is 0.253. The summed E-state index contributed by atoms with van der Waals surface area (Å²) in [6.07, 6.45) is -2.77. The Bertz CT molecular complexity index is 634. The molecule has 0 aliphatic heterocycles. The molecule has 1 aromatic carbocycles. The zero-order chi connectivity index (χ0) is 14.2. The van der Waals surface area contributed by atoms with Crippen LogP contribution in [0.4, 0.5) is 17.6 Å². The SMILES string of the molecule is O=C(O)c1cnn(-c2cc(C(F)(F)F)ccc2F)c1. The molecule has 1 N–H and O–H groups in total. The number of alkyl halides is 3. The van der Waals surface area contributed by atoms with Gasteiger partial charge in [-0.1, -0.05) is 0 Å². The van der Waals surface area contributed by atoms with Gasteiger partial charge in [0, 0.05) is 6.20 Å². The van der Waals surface area contributed by atoms with Gasteiger partial charge in [0.05, 0.1) is 17.3 Å². The highest BCUT2D eigenvalue weighted by molar-refractivity contribution is 5.86. The number of carbonyl (C=O) groups is 1. The van der Waals surface area contributed by atoms with Crippen LogP contribution < -0.4 is 0 Å². The van der Waals surface area contributed by atoms with Crippen molar-refractivity contribution in [3.63, 3.8) is 0 Å². The zero-order valence-corrected chi connectivity index (χ0v) is 9.15. The highest BCUT2D eigenvalue weighted by Gasteiger charge is 2.31. The second-order valence-corrected chi connectivity index (χ2v) is 3.64. The van der Waals surface area contributed by atoms with Crippen LogP contribution in [0.5, 0.6) is 0 Å². The fourth-order valence-electron chi connectivity index (χ4n) is 1.43. The number of aromatic nitrogens is 2. The molecule has 0 aliphatic carbocycles. The molecule has 0 fully saturated rings.